The Hall–Kier alpha value is -0.980. The summed E-state index contributed by atoms with van der Waals surface area (Å²) in [5.41, 5.74) is 1.06. The fourth-order valence-electron chi connectivity index (χ4n) is 3.60. The maximum atomic E-state index is 5.81. The zero-order chi connectivity index (χ0) is 15.6. The molecule has 0 aliphatic carbocycles. The maximum Gasteiger partial charge on any atom is 0.0967 e. The number of aromatic nitrogens is 3. The van der Waals surface area contributed by atoms with Gasteiger partial charge in [-0.3, -0.25) is 4.90 Å². The zero-order valence-electron chi connectivity index (χ0n) is 14.1. The van der Waals surface area contributed by atoms with Gasteiger partial charge in [-0.25, -0.2) is 4.68 Å². The third-order valence-electron chi connectivity index (χ3n) is 4.95. The average molecular weight is 307 g/mol. The van der Waals surface area contributed by atoms with Crippen molar-refractivity contribution in [3.05, 3.63) is 11.9 Å². The van der Waals surface area contributed by atoms with Crippen LogP contribution in [0.4, 0.5) is 0 Å². The van der Waals surface area contributed by atoms with Crippen LogP contribution in [0, 0.1) is 0 Å². The largest absolute Gasteiger partial charge is 0.375 e. The predicted molar refractivity (Wildman–Crippen MR) is 85.7 cm³/mol. The van der Waals surface area contributed by atoms with Crippen molar-refractivity contribution in [3.8, 4) is 0 Å². The summed E-state index contributed by atoms with van der Waals surface area (Å²) < 4.78 is 7.88. The Kier molecular flexibility index (Phi) is 4.80. The van der Waals surface area contributed by atoms with Crippen LogP contribution in [0.25, 0.3) is 0 Å². The molecule has 0 spiro atoms. The molecule has 1 aromatic heterocycles. The Labute approximate surface area is 133 Å². The Morgan fingerprint density at radius 3 is 2.86 bits per heavy atom. The van der Waals surface area contributed by atoms with E-state index in [4.69, 9.17) is 4.74 Å². The summed E-state index contributed by atoms with van der Waals surface area (Å²) in [4.78, 5) is 2.40. The molecule has 124 valence electrons. The van der Waals surface area contributed by atoms with Gasteiger partial charge in [0.15, 0.2) is 0 Å². The van der Waals surface area contributed by atoms with Crippen LogP contribution in [-0.2, 0) is 11.3 Å². The topological polar surface area (TPSA) is 55.2 Å². The van der Waals surface area contributed by atoms with E-state index < -0.39 is 0 Å². The van der Waals surface area contributed by atoms with Gasteiger partial charge in [0.1, 0.15) is 0 Å². The summed E-state index contributed by atoms with van der Waals surface area (Å²) in [6.45, 7) is 8.24. The van der Waals surface area contributed by atoms with Crippen LogP contribution in [0.2, 0.25) is 0 Å². The standard InChI is InChI=1S/C16H29N5O/c1-16(2)10-15(6-9-22-16)20(3)11-13-12-21(19-18-13)14-4-7-17-8-5-14/h12,14-15,17H,4-11H2,1-3H3/t15-/m0/s1. The van der Waals surface area contributed by atoms with Gasteiger partial charge in [0.05, 0.1) is 23.5 Å². The molecule has 2 fully saturated rings. The molecule has 1 N–H and O–H groups in total. The van der Waals surface area contributed by atoms with Gasteiger partial charge in [-0.2, -0.15) is 0 Å². The van der Waals surface area contributed by atoms with Gasteiger partial charge in [0.25, 0.3) is 0 Å². The monoisotopic (exact) mass is 307 g/mol. The summed E-state index contributed by atoms with van der Waals surface area (Å²) in [5, 5.41) is 12.1. The number of piperidine rings is 1. The van der Waals surface area contributed by atoms with Crippen molar-refractivity contribution in [1.29, 1.82) is 0 Å². The lowest BCUT2D eigenvalue weighted by molar-refractivity contribution is -0.0810. The summed E-state index contributed by atoms with van der Waals surface area (Å²) in [7, 11) is 2.19. The molecule has 6 heteroatoms. The van der Waals surface area contributed by atoms with Crippen LogP contribution in [-0.4, -0.2) is 58.3 Å². The lowest BCUT2D eigenvalue weighted by atomic mass is 9.93. The van der Waals surface area contributed by atoms with E-state index in [0.29, 0.717) is 12.1 Å². The molecule has 6 nitrogen and oxygen atoms in total. The number of nitrogens with zero attached hydrogens (tertiary/aromatic N) is 4. The Morgan fingerprint density at radius 2 is 2.14 bits per heavy atom. The fourth-order valence-corrected chi connectivity index (χ4v) is 3.60. The average Bonchev–Trinajstić information content (AvgIpc) is 2.95. The first kappa shape index (κ1) is 15.9. The summed E-state index contributed by atoms with van der Waals surface area (Å²) in [6, 6.07) is 1.07. The van der Waals surface area contributed by atoms with Crippen molar-refractivity contribution in [2.45, 2.75) is 63.8 Å². The number of rotatable bonds is 4. The highest BCUT2D eigenvalue weighted by atomic mass is 16.5. The van der Waals surface area contributed by atoms with Crippen LogP contribution in [0.3, 0.4) is 0 Å². The maximum absolute atomic E-state index is 5.81. The van der Waals surface area contributed by atoms with E-state index in [1.165, 1.54) is 0 Å². The van der Waals surface area contributed by atoms with E-state index in [1.54, 1.807) is 0 Å². The molecule has 1 aromatic rings. The van der Waals surface area contributed by atoms with Gasteiger partial charge in [0.2, 0.25) is 0 Å². The van der Waals surface area contributed by atoms with E-state index in [2.05, 4.69) is 52.3 Å². The molecule has 3 heterocycles. The number of ether oxygens (including phenoxy) is 1. The van der Waals surface area contributed by atoms with Crippen LogP contribution in [0.15, 0.2) is 6.20 Å². The number of nitrogens with one attached hydrogen (secondary N) is 1. The molecule has 22 heavy (non-hydrogen) atoms. The smallest absolute Gasteiger partial charge is 0.0967 e. The van der Waals surface area contributed by atoms with Crippen molar-refractivity contribution in [2.24, 2.45) is 0 Å². The van der Waals surface area contributed by atoms with Crippen molar-refractivity contribution in [2.75, 3.05) is 26.7 Å². The molecule has 0 saturated carbocycles. The summed E-state index contributed by atoms with van der Waals surface area (Å²) in [6.07, 6.45) is 6.60. The first-order valence-corrected chi connectivity index (χ1v) is 8.49. The molecule has 0 bridgehead atoms. The van der Waals surface area contributed by atoms with E-state index in [0.717, 1.165) is 57.6 Å². The van der Waals surface area contributed by atoms with Gasteiger partial charge in [-0.1, -0.05) is 5.21 Å². The Morgan fingerprint density at radius 1 is 1.36 bits per heavy atom. The van der Waals surface area contributed by atoms with Crippen molar-refractivity contribution in [3.63, 3.8) is 0 Å². The Bertz CT molecular complexity index is 481. The van der Waals surface area contributed by atoms with E-state index in [1.807, 2.05) is 0 Å². The lowest BCUT2D eigenvalue weighted by Gasteiger charge is -2.39. The molecular weight excluding hydrogens is 278 g/mol. The molecule has 0 unspecified atom stereocenters. The third kappa shape index (κ3) is 3.86. The van der Waals surface area contributed by atoms with Crippen LogP contribution < -0.4 is 5.32 Å². The molecule has 0 aromatic carbocycles. The molecule has 0 amide bonds. The van der Waals surface area contributed by atoms with E-state index >= 15 is 0 Å². The van der Waals surface area contributed by atoms with Crippen LogP contribution >= 0.6 is 0 Å². The lowest BCUT2D eigenvalue weighted by Crippen LogP contribution is -2.44. The minimum absolute atomic E-state index is 0.0100. The minimum atomic E-state index is -0.0100. The molecule has 2 aliphatic rings. The van der Waals surface area contributed by atoms with E-state index in [-0.39, 0.29) is 5.60 Å². The Balaban J connectivity index is 1.57. The number of hydrogen-bond donors (Lipinski definition) is 1. The van der Waals surface area contributed by atoms with Crippen LogP contribution in [0.1, 0.15) is 51.3 Å². The van der Waals surface area contributed by atoms with Gasteiger partial charge < -0.3 is 10.1 Å². The highest BCUT2D eigenvalue weighted by molar-refractivity contribution is 4.95. The van der Waals surface area contributed by atoms with Crippen LogP contribution in [0.5, 0.6) is 0 Å². The fraction of sp³-hybridized carbons (Fsp3) is 0.875. The van der Waals surface area contributed by atoms with E-state index in [9.17, 15) is 0 Å². The third-order valence-corrected chi connectivity index (χ3v) is 4.95. The molecule has 2 saturated heterocycles. The minimum Gasteiger partial charge on any atom is -0.375 e. The molecular formula is C16H29N5O. The molecule has 1 atom stereocenters. The van der Waals surface area contributed by atoms with Gasteiger partial charge >= 0.3 is 0 Å². The summed E-state index contributed by atoms with van der Waals surface area (Å²) >= 11 is 0. The normalized spacial score (nSPS) is 26.5. The molecule has 3 rings (SSSR count). The second-order valence-corrected chi connectivity index (χ2v) is 7.34. The van der Waals surface area contributed by atoms with Gasteiger partial charge in [0, 0.05) is 19.2 Å². The quantitative estimate of drug-likeness (QED) is 0.915. The highest BCUT2D eigenvalue weighted by Gasteiger charge is 2.31. The SMILES string of the molecule is CN(Cc1cn(C2CCNCC2)nn1)[C@H]1CCOC(C)(C)C1. The number of hydrogen-bond acceptors (Lipinski definition) is 5. The first-order valence-electron chi connectivity index (χ1n) is 8.49. The first-order chi connectivity index (χ1) is 10.5. The summed E-state index contributed by atoms with van der Waals surface area (Å²) in [5.74, 6) is 0. The molecule has 2 aliphatic heterocycles. The highest BCUT2D eigenvalue weighted by Crippen LogP contribution is 2.27. The van der Waals surface area contributed by atoms with Crippen molar-refractivity contribution >= 4 is 0 Å². The van der Waals surface area contributed by atoms with Gasteiger partial charge in [-0.05, 0) is 59.7 Å². The second-order valence-electron chi connectivity index (χ2n) is 7.34. The van der Waals surface area contributed by atoms with Gasteiger partial charge in [-0.15, -0.1) is 5.10 Å². The van der Waals surface area contributed by atoms with Crippen molar-refractivity contribution in [1.82, 2.24) is 25.2 Å². The second kappa shape index (κ2) is 6.64. The van der Waals surface area contributed by atoms with Crippen molar-refractivity contribution < 1.29 is 4.74 Å². The zero-order valence-corrected chi connectivity index (χ0v) is 14.1. The molecule has 0 radical (unpaired) electrons. The predicted octanol–water partition coefficient (Wildman–Crippen LogP) is 1.59.